The molecule has 0 bridgehead atoms. The third kappa shape index (κ3) is 5.13. The summed E-state index contributed by atoms with van der Waals surface area (Å²) >= 11 is 0. The van der Waals surface area contributed by atoms with Gasteiger partial charge in [0.25, 0.3) is 0 Å². The summed E-state index contributed by atoms with van der Waals surface area (Å²) in [5, 5.41) is 2.81. The van der Waals surface area contributed by atoms with Crippen LogP contribution < -0.4 is 5.32 Å². The summed E-state index contributed by atoms with van der Waals surface area (Å²) < 4.78 is 48.4. The van der Waals surface area contributed by atoms with E-state index < -0.39 is 10.0 Å². The average molecular weight is 489 g/mol. The summed E-state index contributed by atoms with van der Waals surface area (Å²) in [6.45, 7) is 6.01. The molecule has 3 aromatic rings. The minimum atomic E-state index is -3.62. The van der Waals surface area contributed by atoms with Crippen LogP contribution in [0.5, 0.6) is 0 Å². The number of fused-ring (bicyclic) bond motifs is 1. The van der Waals surface area contributed by atoms with Crippen molar-refractivity contribution in [3.05, 3.63) is 59.2 Å². The second-order valence-corrected chi connectivity index (χ2v) is 10.2. The van der Waals surface area contributed by atoms with Crippen LogP contribution in [0.2, 0.25) is 0 Å². The summed E-state index contributed by atoms with van der Waals surface area (Å²) in [6.07, 6.45) is 0.624. The molecule has 1 N–H and O–H groups in total. The lowest BCUT2D eigenvalue weighted by Crippen LogP contribution is -2.40. The number of aryl methyl sites for hydroxylation is 3. The molecule has 1 amide bonds. The maximum Gasteiger partial charge on any atom is 0.243 e. The summed E-state index contributed by atoms with van der Waals surface area (Å²) in [5.41, 5.74) is 2.68. The molecule has 1 aromatic heterocycles. The lowest BCUT2D eigenvalue weighted by atomic mass is 10.1. The Morgan fingerprint density at radius 3 is 2.65 bits per heavy atom. The predicted octanol–water partition coefficient (Wildman–Crippen LogP) is 2.77. The topological polar surface area (TPSA) is 93.5 Å². The van der Waals surface area contributed by atoms with E-state index in [0.717, 1.165) is 11.3 Å². The van der Waals surface area contributed by atoms with Gasteiger partial charge in [-0.05, 0) is 49.2 Å². The summed E-state index contributed by atoms with van der Waals surface area (Å²) in [5.74, 6) is 0.264. The number of benzene rings is 2. The van der Waals surface area contributed by atoms with Gasteiger partial charge in [0.1, 0.15) is 11.6 Å². The molecule has 2 aromatic carbocycles. The summed E-state index contributed by atoms with van der Waals surface area (Å²) in [4.78, 5) is 17.2. The number of morpholine rings is 1. The Morgan fingerprint density at radius 1 is 1.18 bits per heavy atom. The van der Waals surface area contributed by atoms with Crippen LogP contribution in [0.1, 0.15) is 30.3 Å². The number of sulfonamides is 1. The Hall–Kier alpha value is -2.82. The second kappa shape index (κ2) is 10.2. The van der Waals surface area contributed by atoms with Gasteiger partial charge in [0, 0.05) is 39.0 Å². The van der Waals surface area contributed by atoms with Gasteiger partial charge in [-0.25, -0.2) is 17.8 Å². The monoisotopic (exact) mass is 488 g/mol. The van der Waals surface area contributed by atoms with Gasteiger partial charge in [-0.3, -0.25) is 4.79 Å². The van der Waals surface area contributed by atoms with E-state index in [-0.39, 0.29) is 29.6 Å². The van der Waals surface area contributed by atoms with Gasteiger partial charge >= 0.3 is 0 Å². The van der Waals surface area contributed by atoms with Crippen molar-refractivity contribution in [3.8, 4) is 0 Å². The zero-order valence-electron chi connectivity index (χ0n) is 19.4. The molecule has 0 aliphatic carbocycles. The Morgan fingerprint density at radius 2 is 1.94 bits per heavy atom. The van der Waals surface area contributed by atoms with E-state index in [4.69, 9.17) is 4.74 Å². The van der Waals surface area contributed by atoms with Gasteiger partial charge in [0.15, 0.2) is 0 Å². The molecule has 4 rings (SSSR count). The summed E-state index contributed by atoms with van der Waals surface area (Å²) in [7, 11) is -3.62. The van der Waals surface area contributed by atoms with Crippen LogP contribution in [-0.4, -0.2) is 54.5 Å². The van der Waals surface area contributed by atoms with E-state index >= 15 is 0 Å². The molecule has 182 valence electrons. The van der Waals surface area contributed by atoms with Crippen molar-refractivity contribution in [2.75, 3.05) is 26.3 Å². The van der Waals surface area contributed by atoms with Crippen molar-refractivity contribution in [2.24, 2.45) is 0 Å². The van der Waals surface area contributed by atoms with Gasteiger partial charge < -0.3 is 14.6 Å². The number of carbonyl (C=O) groups excluding carboxylic acids is 1. The highest BCUT2D eigenvalue weighted by atomic mass is 32.2. The van der Waals surface area contributed by atoms with Crippen LogP contribution >= 0.6 is 0 Å². The third-order valence-corrected chi connectivity index (χ3v) is 7.92. The Bertz CT molecular complexity index is 1300. The van der Waals surface area contributed by atoms with Crippen molar-refractivity contribution >= 4 is 27.0 Å². The molecule has 34 heavy (non-hydrogen) atoms. The minimum Gasteiger partial charge on any atom is -0.379 e. The quantitative estimate of drug-likeness (QED) is 0.526. The number of ether oxygens (including phenoxy) is 1. The molecule has 1 saturated heterocycles. The number of hydrogen-bond donors (Lipinski definition) is 1. The molecule has 1 aliphatic rings. The molecule has 2 heterocycles. The number of halogens is 1. The minimum absolute atomic E-state index is 0.161. The van der Waals surface area contributed by atoms with E-state index in [9.17, 15) is 17.6 Å². The molecular weight excluding hydrogens is 459 g/mol. The van der Waals surface area contributed by atoms with Gasteiger partial charge in [-0.1, -0.05) is 12.1 Å². The molecule has 8 nitrogen and oxygen atoms in total. The van der Waals surface area contributed by atoms with Gasteiger partial charge in [0.2, 0.25) is 15.9 Å². The highest BCUT2D eigenvalue weighted by molar-refractivity contribution is 7.89. The molecular formula is C24H29FN4O4S. The molecule has 0 unspecified atom stereocenters. The van der Waals surface area contributed by atoms with Crippen molar-refractivity contribution in [1.82, 2.24) is 19.2 Å². The zero-order valence-corrected chi connectivity index (χ0v) is 20.2. The van der Waals surface area contributed by atoms with Crippen LogP contribution in [-0.2, 0) is 39.1 Å². The number of hydrogen-bond acceptors (Lipinski definition) is 5. The fourth-order valence-corrected chi connectivity index (χ4v) is 5.49. The molecule has 1 aliphatic heterocycles. The Kier molecular flexibility index (Phi) is 7.30. The van der Waals surface area contributed by atoms with Crippen LogP contribution in [0, 0.1) is 12.7 Å². The molecule has 0 saturated carbocycles. The maximum absolute atomic E-state index is 13.7. The first-order valence-corrected chi connectivity index (χ1v) is 12.8. The first kappa shape index (κ1) is 24.3. The number of nitrogens with one attached hydrogen (secondary N) is 1. The fourth-order valence-electron chi connectivity index (χ4n) is 4.06. The van der Waals surface area contributed by atoms with Crippen LogP contribution in [0.15, 0.2) is 41.3 Å². The number of nitrogens with zero attached hydrogens (tertiary/aromatic N) is 3. The lowest BCUT2D eigenvalue weighted by molar-refractivity contribution is -0.121. The first-order valence-electron chi connectivity index (χ1n) is 11.4. The number of rotatable bonds is 8. The lowest BCUT2D eigenvalue weighted by Gasteiger charge is -2.26. The largest absolute Gasteiger partial charge is 0.379 e. The Labute approximate surface area is 198 Å². The van der Waals surface area contributed by atoms with E-state index in [1.165, 1.54) is 10.4 Å². The van der Waals surface area contributed by atoms with Crippen LogP contribution in [0.3, 0.4) is 0 Å². The van der Waals surface area contributed by atoms with Crippen LogP contribution in [0.25, 0.3) is 11.0 Å². The highest BCUT2D eigenvalue weighted by Crippen LogP contribution is 2.24. The number of imidazole rings is 1. The molecule has 10 heteroatoms. The van der Waals surface area contributed by atoms with Gasteiger partial charge in [-0.15, -0.1) is 0 Å². The normalized spacial score (nSPS) is 15.0. The van der Waals surface area contributed by atoms with E-state index in [0.29, 0.717) is 55.9 Å². The van der Waals surface area contributed by atoms with Crippen molar-refractivity contribution in [2.45, 2.75) is 44.7 Å². The third-order valence-electron chi connectivity index (χ3n) is 6.02. The zero-order chi connectivity index (χ0) is 24.3. The van der Waals surface area contributed by atoms with Crippen molar-refractivity contribution in [1.29, 1.82) is 0 Å². The second-order valence-electron chi connectivity index (χ2n) is 8.30. The molecule has 0 radical (unpaired) electrons. The number of aromatic nitrogens is 2. The van der Waals surface area contributed by atoms with Crippen LogP contribution in [0.4, 0.5) is 4.39 Å². The number of amides is 1. The van der Waals surface area contributed by atoms with Crippen molar-refractivity contribution in [3.63, 3.8) is 0 Å². The average Bonchev–Trinajstić information content (AvgIpc) is 3.20. The van der Waals surface area contributed by atoms with E-state index in [2.05, 4.69) is 10.3 Å². The predicted molar refractivity (Wildman–Crippen MR) is 126 cm³/mol. The van der Waals surface area contributed by atoms with E-state index in [1.54, 1.807) is 37.3 Å². The Balaban J connectivity index is 1.45. The maximum atomic E-state index is 13.7. The molecule has 1 fully saturated rings. The first-order chi connectivity index (χ1) is 16.3. The standard InChI is InChI=1S/C24H29FN4O4S/c1-3-29-22-7-6-19(34(31,32)28-10-12-33-13-11-28)15-21(22)27-23(29)8-9-24(30)26-16-18-5-4-17(2)20(25)14-18/h4-7,14-15H,3,8-13,16H2,1-2H3,(H,26,30). The smallest absolute Gasteiger partial charge is 0.243 e. The van der Waals surface area contributed by atoms with Crippen molar-refractivity contribution < 1.29 is 22.3 Å². The fraction of sp³-hybridized carbons (Fsp3) is 0.417. The van der Waals surface area contributed by atoms with Gasteiger partial charge in [-0.2, -0.15) is 4.31 Å². The van der Waals surface area contributed by atoms with E-state index in [1.807, 2.05) is 11.5 Å². The van der Waals surface area contributed by atoms with Gasteiger partial charge in [0.05, 0.1) is 29.1 Å². The summed E-state index contributed by atoms with van der Waals surface area (Å²) in [6, 6.07) is 9.88. The molecule has 0 spiro atoms. The SMILES string of the molecule is CCn1c(CCC(=O)NCc2ccc(C)c(F)c2)nc2cc(S(=O)(=O)N3CCOCC3)ccc21. The molecule has 0 atom stereocenters. The number of carbonyl (C=O) groups is 1. The highest BCUT2D eigenvalue weighted by Gasteiger charge is 2.27.